The van der Waals surface area contributed by atoms with Crippen LogP contribution in [-0.2, 0) is 0 Å². The van der Waals surface area contributed by atoms with Gasteiger partial charge in [-0.15, -0.1) is 11.3 Å². The third-order valence-electron chi connectivity index (χ3n) is 2.47. The van der Waals surface area contributed by atoms with Crippen molar-refractivity contribution in [3.63, 3.8) is 0 Å². The van der Waals surface area contributed by atoms with Gasteiger partial charge in [0.25, 0.3) is 0 Å². The summed E-state index contributed by atoms with van der Waals surface area (Å²) in [4.78, 5) is 2.08. The van der Waals surface area contributed by atoms with Crippen LogP contribution in [0.3, 0.4) is 0 Å². The maximum Gasteiger partial charge on any atom is 0.148 e. The van der Waals surface area contributed by atoms with E-state index in [1.165, 1.54) is 0 Å². The molecule has 0 aliphatic heterocycles. The second kappa shape index (κ2) is 5.06. The Balaban J connectivity index is 2.44. The summed E-state index contributed by atoms with van der Waals surface area (Å²) >= 11 is 10.6. The summed E-state index contributed by atoms with van der Waals surface area (Å²) in [5, 5.41) is 0.0752. The number of thiophene rings is 1. The first-order valence-electron chi connectivity index (χ1n) is 4.96. The maximum atomic E-state index is 14.0. The molecule has 1 unspecified atom stereocenters. The summed E-state index contributed by atoms with van der Waals surface area (Å²) in [6, 6.07) is 6.78. The van der Waals surface area contributed by atoms with Crippen molar-refractivity contribution >= 4 is 38.9 Å². The van der Waals surface area contributed by atoms with Gasteiger partial charge in [-0.3, -0.25) is 0 Å². The molecule has 90 valence electrons. The second-order valence-electron chi connectivity index (χ2n) is 3.69. The average molecular weight is 335 g/mol. The Morgan fingerprint density at radius 2 is 2.06 bits per heavy atom. The zero-order valence-electron chi connectivity index (χ0n) is 9.01. The van der Waals surface area contributed by atoms with Crippen molar-refractivity contribution in [2.24, 2.45) is 5.73 Å². The summed E-state index contributed by atoms with van der Waals surface area (Å²) < 4.78 is 14.5. The lowest BCUT2D eigenvalue weighted by atomic mass is 10.1. The fraction of sp³-hybridized carbons (Fsp3) is 0.167. The highest BCUT2D eigenvalue weighted by Gasteiger charge is 2.18. The highest BCUT2D eigenvalue weighted by molar-refractivity contribution is 9.10. The van der Waals surface area contributed by atoms with E-state index in [0.29, 0.717) is 10.0 Å². The predicted molar refractivity (Wildman–Crippen MR) is 74.2 cm³/mol. The van der Waals surface area contributed by atoms with Gasteiger partial charge >= 0.3 is 0 Å². The molecular formula is C12H10BrClFNS. The molecular weight excluding hydrogens is 325 g/mol. The van der Waals surface area contributed by atoms with Gasteiger partial charge in [-0.1, -0.05) is 17.7 Å². The molecule has 5 heteroatoms. The molecule has 0 spiro atoms. The van der Waals surface area contributed by atoms with E-state index >= 15 is 0 Å². The largest absolute Gasteiger partial charge is 0.320 e. The topological polar surface area (TPSA) is 26.0 Å². The number of benzene rings is 1. The minimum absolute atomic E-state index is 0.0752. The molecule has 1 heterocycles. The first-order valence-corrected chi connectivity index (χ1v) is 6.94. The normalized spacial score (nSPS) is 12.8. The molecule has 0 fully saturated rings. The van der Waals surface area contributed by atoms with Gasteiger partial charge in [0, 0.05) is 19.8 Å². The van der Waals surface area contributed by atoms with Gasteiger partial charge in [-0.05, 0) is 41.1 Å². The van der Waals surface area contributed by atoms with Crippen molar-refractivity contribution in [1.82, 2.24) is 0 Å². The number of rotatable bonds is 2. The van der Waals surface area contributed by atoms with Gasteiger partial charge < -0.3 is 5.73 Å². The zero-order valence-corrected chi connectivity index (χ0v) is 12.2. The smallest absolute Gasteiger partial charge is 0.148 e. The molecule has 1 aromatic heterocycles. The molecule has 1 atom stereocenters. The molecule has 1 nitrogen and oxygen atoms in total. The lowest BCUT2D eigenvalue weighted by molar-refractivity contribution is 0.600. The Hall–Kier alpha value is -0.420. The fourth-order valence-corrected chi connectivity index (χ4v) is 2.93. The van der Waals surface area contributed by atoms with Gasteiger partial charge in [0.05, 0.1) is 11.1 Å². The van der Waals surface area contributed by atoms with Crippen molar-refractivity contribution in [2.45, 2.75) is 13.0 Å². The highest BCUT2D eigenvalue weighted by atomic mass is 79.9. The first-order chi connectivity index (χ1) is 8.00. The number of halogens is 3. The van der Waals surface area contributed by atoms with E-state index < -0.39 is 11.9 Å². The quantitative estimate of drug-likeness (QED) is 0.794. The van der Waals surface area contributed by atoms with Crippen LogP contribution < -0.4 is 5.73 Å². The van der Waals surface area contributed by atoms with E-state index in [1.807, 2.05) is 19.1 Å². The van der Waals surface area contributed by atoms with E-state index in [2.05, 4.69) is 15.9 Å². The molecule has 0 saturated heterocycles. The molecule has 1 aromatic carbocycles. The lowest BCUT2D eigenvalue weighted by Crippen LogP contribution is -2.12. The minimum atomic E-state index is -0.473. The summed E-state index contributed by atoms with van der Waals surface area (Å²) in [5.74, 6) is -0.459. The van der Waals surface area contributed by atoms with Crippen molar-refractivity contribution in [1.29, 1.82) is 0 Å². The average Bonchev–Trinajstić information content (AvgIpc) is 2.72. The second-order valence-corrected chi connectivity index (χ2v) is 6.24. The van der Waals surface area contributed by atoms with Gasteiger partial charge in [-0.2, -0.15) is 0 Å². The number of aryl methyl sites for hydroxylation is 1. The van der Waals surface area contributed by atoms with E-state index in [9.17, 15) is 4.39 Å². The first kappa shape index (κ1) is 13.0. The van der Waals surface area contributed by atoms with Crippen LogP contribution in [0.25, 0.3) is 0 Å². The summed E-state index contributed by atoms with van der Waals surface area (Å²) in [7, 11) is 0. The van der Waals surface area contributed by atoms with Gasteiger partial charge in [0.2, 0.25) is 0 Å². The third-order valence-corrected chi connectivity index (χ3v) is 4.81. The molecule has 17 heavy (non-hydrogen) atoms. The molecule has 0 radical (unpaired) electrons. The molecule has 0 aliphatic rings. The molecule has 0 saturated carbocycles. The zero-order chi connectivity index (χ0) is 12.6. The van der Waals surface area contributed by atoms with Crippen molar-refractivity contribution in [3.8, 4) is 0 Å². The van der Waals surface area contributed by atoms with E-state index in [-0.39, 0.29) is 5.02 Å². The van der Waals surface area contributed by atoms with E-state index in [0.717, 1.165) is 9.75 Å². The summed E-state index contributed by atoms with van der Waals surface area (Å²) in [6.07, 6.45) is 0. The molecule has 2 aromatic rings. The lowest BCUT2D eigenvalue weighted by Gasteiger charge is -2.12. The fourth-order valence-electron chi connectivity index (χ4n) is 1.55. The maximum absolute atomic E-state index is 14.0. The molecule has 0 bridgehead atoms. The monoisotopic (exact) mass is 333 g/mol. The molecule has 0 amide bonds. The van der Waals surface area contributed by atoms with Crippen LogP contribution in [0, 0.1) is 12.7 Å². The van der Waals surface area contributed by atoms with Crippen LogP contribution in [-0.4, -0.2) is 0 Å². The Morgan fingerprint density at radius 1 is 1.35 bits per heavy atom. The van der Waals surface area contributed by atoms with E-state index in [4.69, 9.17) is 17.3 Å². The van der Waals surface area contributed by atoms with Crippen LogP contribution >= 0.6 is 38.9 Å². The van der Waals surface area contributed by atoms with Crippen LogP contribution in [0.5, 0.6) is 0 Å². The Labute approximate surface area is 117 Å². The summed E-state index contributed by atoms with van der Waals surface area (Å²) in [5.41, 5.74) is 6.46. The Bertz CT molecular complexity index is 555. The Kier molecular flexibility index (Phi) is 3.88. The van der Waals surface area contributed by atoms with Crippen molar-refractivity contribution in [3.05, 3.63) is 54.9 Å². The molecule has 0 aliphatic carbocycles. The number of nitrogens with two attached hydrogens (primary N) is 1. The minimum Gasteiger partial charge on any atom is -0.320 e. The molecule has 2 N–H and O–H groups in total. The van der Waals surface area contributed by atoms with Crippen LogP contribution in [0.4, 0.5) is 4.39 Å². The van der Waals surface area contributed by atoms with Crippen LogP contribution in [0.15, 0.2) is 28.7 Å². The number of hydrogen-bond acceptors (Lipinski definition) is 2. The summed E-state index contributed by atoms with van der Waals surface area (Å²) in [6.45, 7) is 1.99. The Morgan fingerprint density at radius 3 is 2.65 bits per heavy atom. The standard InChI is InChI=1S/C12H10BrClFNS/c1-6-2-5-9(17-6)12(16)7-3-4-8(13)10(14)11(7)15/h2-5,12H,16H2,1H3. The van der Waals surface area contributed by atoms with Gasteiger partial charge in [0.1, 0.15) is 5.82 Å². The van der Waals surface area contributed by atoms with Gasteiger partial charge in [0.15, 0.2) is 0 Å². The highest BCUT2D eigenvalue weighted by Crippen LogP contribution is 2.33. The van der Waals surface area contributed by atoms with Crippen LogP contribution in [0.1, 0.15) is 21.4 Å². The predicted octanol–water partition coefficient (Wildman–Crippen LogP) is 4.66. The van der Waals surface area contributed by atoms with Crippen molar-refractivity contribution in [2.75, 3.05) is 0 Å². The number of hydrogen-bond donors (Lipinski definition) is 1. The third kappa shape index (κ3) is 2.55. The van der Waals surface area contributed by atoms with E-state index in [1.54, 1.807) is 23.5 Å². The van der Waals surface area contributed by atoms with Crippen LogP contribution in [0.2, 0.25) is 5.02 Å². The SMILES string of the molecule is Cc1ccc(C(N)c2ccc(Br)c(Cl)c2F)s1. The van der Waals surface area contributed by atoms with Gasteiger partial charge in [-0.25, -0.2) is 4.39 Å². The van der Waals surface area contributed by atoms with Crippen molar-refractivity contribution < 1.29 is 4.39 Å². The molecule has 2 rings (SSSR count).